The van der Waals surface area contributed by atoms with Gasteiger partial charge in [0.15, 0.2) is 0 Å². The summed E-state index contributed by atoms with van der Waals surface area (Å²) in [5.41, 5.74) is 2.76. The van der Waals surface area contributed by atoms with E-state index in [0.29, 0.717) is 23.4 Å². The second-order valence-electron chi connectivity index (χ2n) is 7.79. The molecule has 1 aromatic heterocycles. The first-order valence-electron chi connectivity index (χ1n) is 10.7. The number of nitrogens with zero attached hydrogens (tertiary/aromatic N) is 1. The van der Waals surface area contributed by atoms with E-state index in [1.165, 1.54) is 30.3 Å². The first kappa shape index (κ1) is 23.4. The molecule has 4 aromatic rings. The smallest absolute Gasteiger partial charge is 0.268 e. The molecule has 0 radical (unpaired) electrons. The van der Waals surface area contributed by atoms with Gasteiger partial charge in [-0.3, -0.25) is 4.79 Å². The topological polar surface area (TPSA) is 80.2 Å². The molecular weight excluding hydrogens is 453 g/mol. The van der Waals surface area contributed by atoms with Gasteiger partial charge >= 0.3 is 0 Å². The molecule has 8 heteroatoms. The Morgan fingerprint density at radius 3 is 2.26 bits per heavy atom. The predicted octanol–water partition coefficient (Wildman–Crippen LogP) is 4.08. The average molecular weight is 478 g/mol. The van der Waals surface area contributed by atoms with Crippen LogP contribution in [0.4, 0.5) is 4.39 Å². The summed E-state index contributed by atoms with van der Waals surface area (Å²) < 4.78 is 43.1. The minimum atomic E-state index is -3.81. The fourth-order valence-corrected chi connectivity index (χ4v) is 4.63. The maximum Gasteiger partial charge on any atom is 0.268 e. The van der Waals surface area contributed by atoms with E-state index in [1.54, 1.807) is 24.3 Å². The summed E-state index contributed by atoms with van der Waals surface area (Å²) in [5, 5.41) is 2.85. The van der Waals surface area contributed by atoms with Crippen LogP contribution in [0.3, 0.4) is 0 Å². The highest BCUT2D eigenvalue weighted by atomic mass is 32.2. The third-order valence-corrected chi connectivity index (χ3v) is 6.67. The second-order valence-corrected chi connectivity index (χ2v) is 9.56. The molecule has 0 bridgehead atoms. The molecule has 0 unspecified atom stereocenters. The number of sulfonamides is 1. The molecule has 0 aliphatic heterocycles. The van der Waals surface area contributed by atoms with Gasteiger partial charge in [0, 0.05) is 25.8 Å². The Kier molecular flexibility index (Phi) is 7.20. The van der Waals surface area contributed by atoms with Gasteiger partial charge in [0.05, 0.1) is 4.90 Å². The molecule has 1 heterocycles. The van der Waals surface area contributed by atoms with E-state index < -0.39 is 15.8 Å². The normalized spacial score (nSPS) is 11.3. The van der Waals surface area contributed by atoms with Crippen LogP contribution in [0, 0.1) is 5.82 Å². The lowest BCUT2D eigenvalue weighted by atomic mass is 10.2. The van der Waals surface area contributed by atoms with E-state index in [4.69, 9.17) is 0 Å². The van der Waals surface area contributed by atoms with E-state index in [1.807, 2.05) is 47.2 Å². The van der Waals surface area contributed by atoms with E-state index in [2.05, 4.69) is 10.0 Å². The monoisotopic (exact) mass is 477 g/mol. The van der Waals surface area contributed by atoms with Gasteiger partial charge in [-0.05, 0) is 53.1 Å². The molecule has 6 nitrogen and oxygen atoms in total. The fraction of sp³-hybridized carbons (Fsp3) is 0.115. The Hall–Kier alpha value is -3.75. The van der Waals surface area contributed by atoms with Crippen molar-refractivity contribution in [2.45, 2.75) is 24.5 Å². The molecule has 0 spiro atoms. The number of hydrogen-bond acceptors (Lipinski definition) is 3. The van der Waals surface area contributed by atoms with Crippen molar-refractivity contribution < 1.29 is 17.6 Å². The zero-order valence-electron chi connectivity index (χ0n) is 18.3. The Balaban J connectivity index is 1.39. The maximum absolute atomic E-state index is 13.3. The van der Waals surface area contributed by atoms with Gasteiger partial charge in [-0.25, -0.2) is 17.5 Å². The predicted molar refractivity (Wildman–Crippen MR) is 128 cm³/mol. The molecule has 0 atom stereocenters. The van der Waals surface area contributed by atoms with E-state index >= 15 is 0 Å². The van der Waals surface area contributed by atoms with Gasteiger partial charge in [-0.15, -0.1) is 0 Å². The third kappa shape index (κ3) is 5.98. The van der Waals surface area contributed by atoms with Crippen molar-refractivity contribution in [3.8, 4) is 0 Å². The first-order chi connectivity index (χ1) is 16.4. The number of aromatic nitrogens is 1. The van der Waals surface area contributed by atoms with Crippen LogP contribution in [-0.2, 0) is 29.7 Å². The molecule has 34 heavy (non-hydrogen) atoms. The Morgan fingerprint density at radius 1 is 0.794 bits per heavy atom. The highest BCUT2D eigenvalue weighted by molar-refractivity contribution is 7.89. The molecule has 0 aliphatic rings. The summed E-state index contributed by atoms with van der Waals surface area (Å²) >= 11 is 0. The lowest BCUT2D eigenvalue weighted by molar-refractivity contribution is 0.0942. The first-order valence-corrected chi connectivity index (χ1v) is 12.2. The number of hydrogen-bond donors (Lipinski definition) is 2. The molecule has 0 fully saturated rings. The number of halogens is 1. The Morgan fingerprint density at radius 2 is 1.50 bits per heavy atom. The van der Waals surface area contributed by atoms with Crippen molar-refractivity contribution >= 4 is 15.9 Å². The summed E-state index contributed by atoms with van der Waals surface area (Å²) in [6, 6.07) is 25.5. The van der Waals surface area contributed by atoms with Gasteiger partial charge in [0.25, 0.3) is 5.91 Å². The van der Waals surface area contributed by atoms with Crippen LogP contribution in [0.15, 0.2) is 102 Å². The quantitative estimate of drug-likeness (QED) is 0.381. The van der Waals surface area contributed by atoms with Crippen LogP contribution in [0.1, 0.15) is 27.2 Å². The van der Waals surface area contributed by atoms with E-state index in [9.17, 15) is 17.6 Å². The molecule has 1 amide bonds. The minimum absolute atomic E-state index is 0.0283. The van der Waals surface area contributed by atoms with Crippen LogP contribution >= 0.6 is 0 Å². The van der Waals surface area contributed by atoms with E-state index in [0.717, 1.165) is 5.56 Å². The van der Waals surface area contributed by atoms with Crippen molar-refractivity contribution in [2.75, 3.05) is 0 Å². The Bertz CT molecular complexity index is 1390. The molecule has 3 aromatic carbocycles. The highest BCUT2D eigenvalue weighted by Gasteiger charge is 2.15. The molecule has 0 saturated heterocycles. The van der Waals surface area contributed by atoms with Crippen molar-refractivity contribution in [1.29, 1.82) is 0 Å². The van der Waals surface area contributed by atoms with Crippen LogP contribution < -0.4 is 10.0 Å². The summed E-state index contributed by atoms with van der Waals surface area (Å²) in [7, 11) is -3.81. The number of carbonyl (C=O) groups is 1. The van der Waals surface area contributed by atoms with Gasteiger partial charge in [-0.1, -0.05) is 54.6 Å². The zero-order chi connectivity index (χ0) is 24.0. The highest BCUT2D eigenvalue weighted by Crippen LogP contribution is 2.14. The standard InChI is InChI=1S/C26H24FN3O3S/c27-23-11-4-9-21(15-23)18-29-34(32,33)24-12-5-10-22(16-24)17-28-26(31)25-13-6-14-30(25)19-20-7-2-1-3-8-20/h1-16,29H,17-19H2,(H,28,31). The van der Waals surface area contributed by atoms with Crippen LogP contribution in [-0.4, -0.2) is 18.9 Å². The fourth-order valence-electron chi connectivity index (χ4n) is 3.54. The summed E-state index contributed by atoms with van der Waals surface area (Å²) in [6.07, 6.45) is 1.85. The van der Waals surface area contributed by atoms with Crippen molar-refractivity contribution in [3.63, 3.8) is 0 Å². The number of amides is 1. The van der Waals surface area contributed by atoms with Crippen molar-refractivity contribution in [2.24, 2.45) is 0 Å². The lowest BCUT2D eigenvalue weighted by Gasteiger charge is -2.11. The largest absolute Gasteiger partial charge is 0.347 e. The molecular formula is C26H24FN3O3S. The molecule has 4 rings (SSSR count). The van der Waals surface area contributed by atoms with Crippen LogP contribution in [0.25, 0.3) is 0 Å². The van der Waals surface area contributed by atoms with E-state index in [-0.39, 0.29) is 23.9 Å². The second kappa shape index (κ2) is 10.5. The minimum Gasteiger partial charge on any atom is -0.347 e. The molecule has 174 valence electrons. The van der Waals surface area contributed by atoms with Gasteiger partial charge < -0.3 is 9.88 Å². The number of benzene rings is 3. The number of carbonyl (C=O) groups excluding carboxylic acids is 1. The number of rotatable bonds is 9. The number of nitrogens with one attached hydrogen (secondary N) is 2. The SMILES string of the molecule is O=C(NCc1cccc(S(=O)(=O)NCc2cccc(F)c2)c1)c1cccn1Cc1ccccc1. The summed E-state index contributed by atoms with van der Waals surface area (Å²) in [4.78, 5) is 12.8. The molecule has 0 aliphatic carbocycles. The summed E-state index contributed by atoms with van der Waals surface area (Å²) in [6.45, 7) is 0.712. The molecule has 0 saturated carbocycles. The van der Waals surface area contributed by atoms with Gasteiger partial charge in [0.2, 0.25) is 10.0 Å². The third-order valence-electron chi connectivity index (χ3n) is 5.28. The van der Waals surface area contributed by atoms with Gasteiger partial charge in [0.1, 0.15) is 11.5 Å². The van der Waals surface area contributed by atoms with Crippen molar-refractivity contribution in [1.82, 2.24) is 14.6 Å². The lowest BCUT2D eigenvalue weighted by Crippen LogP contribution is -2.26. The van der Waals surface area contributed by atoms with Crippen LogP contribution in [0.2, 0.25) is 0 Å². The average Bonchev–Trinajstić information content (AvgIpc) is 3.30. The van der Waals surface area contributed by atoms with Crippen LogP contribution in [0.5, 0.6) is 0 Å². The molecule has 2 N–H and O–H groups in total. The Labute approximate surface area is 198 Å². The maximum atomic E-state index is 13.3. The van der Waals surface area contributed by atoms with Gasteiger partial charge in [-0.2, -0.15) is 0 Å². The van der Waals surface area contributed by atoms with Crippen molar-refractivity contribution in [3.05, 3.63) is 125 Å². The zero-order valence-corrected chi connectivity index (χ0v) is 19.1. The summed E-state index contributed by atoms with van der Waals surface area (Å²) in [5.74, 6) is -0.678.